The van der Waals surface area contributed by atoms with Crippen LogP contribution in [0.15, 0.2) is 5.38 Å². The fourth-order valence-corrected chi connectivity index (χ4v) is 3.40. The summed E-state index contributed by atoms with van der Waals surface area (Å²) in [5.74, 6) is -1.15. The maximum absolute atomic E-state index is 12.3. The SMILES string of the molecule is CCCC(=O)N1CCCC1C(=O)NCCc1nc(C(=O)O)cs1. The Bertz CT molecular complexity index is 587. The van der Waals surface area contributed by atoms with E-state index in [9.17, 15) is 14.4 Å². The molecule has 2 heterocycles. The Morgan fingerprint density at radius 2 is 2.26 bits per heavy atom. The van der Waals surface area contributed by atoms with E-state index in [0.717, 1.165) is 12.8 Å². The van der Waals surface area contributed by atoms with Crippen molar-refractivity contribution in [3.63, 3.8) is 0 Å². The molecule has 0 bridgehead atoms. The normalized spacial score (nSPS) is 17.3. The van der Waals surface area contributed by atoms with E-state index in [1.807, 2.05) is 6.92 Å². The number of nitrogens with zero attached hydrogens (tertiary/aromatic N) is 2. The van der Waals surface area contributed by atoms with Crippen molar-refractivity contribution in [3.8, 4) is 0 Å². The molecule has 2 N–H and O–H groups in total. The number of hydrogen-bond acceptors (Lipinski definition) is 5. The zero-order valence-electron chi connectivity index (χ0n) is 13.1. The maximum atomic E-state index is 12.3. The summed E-state index contributed by atoms with van der Waals surface area (Å²) in [4.78, 5) is 40.7. The van der Waals surface area contributed by atoms with Crippen LogP contribution in [0.2, 0.25) is 0 Å². The van der Waals surface area contributed by atoms with Gasteiger partial charge in [0.05, 0.1) is 5.01 Å². The molecule has 1 aliphatic rings. The van der Waals surface area contributed by atoms with E-state index in [-0.39, 0.29) is 23.6 Å². The number of thiazole rings is 1. The number of likely N-dealkylation sites (tertiary alicyclic amines) is 1. The fourth-order valence-electron chi connectivity index (χ4n) is 2.63. The molecule has 1 unspecified atom stereocenters. The van der Waals surface area contributed by atoms with Gasteiger partial charge in [-0.25, -0.2) is 9.78 Å². The molecule has 8 heteroatoms. The first-order chi connectivity index (χ1) is 11.0. The average molecular weight is 339 g/mol. The first kappa shape index (κ1) is 17.4. The second-order valence-electron chi connectivity index (χ2n) is 5.47. The van der Waals surface area contributed by atoms with Crippen molar-refractivity contribution in [2.45, 2.75) is 45.1 Å². The quantitative estimate of drug-likeness (QED) is 0.780. The molecular weight excluding hydrogens is 318 g/mol. The summed E-state index contributed by atoms with van der Waals surface area (Å²) < 4.78 is 0. The second-order valence-corrected chi connectivity index (χ2v) is 6.41. The highest BCUT2D eigenvalue weighted by molar-refractivity contribution is 7.09. The van der Waals surface area contributed by atoms with Crippen molar-refractivity contribution in [2.75, 3.05) is 13.1 Å². The van der Waals surface area contributed by atoms with E-state index >= 15 is 0 Å². The van der Waals surface area contributed by atoms with Gasteiger partial charge in [-0.1, -0.05) is 6.92 Å². The Balaban J connectivity index is 1.81. The molecular formula is C15H21N3O4S. The number of carbonyl (C=O) groups excluding carboxylic acids is 2. The van der Waals surface area contributed by atoms with Crippen molar-refractivity contribution in [2.24, 2.45) is 0 Å². The lowest BCUT2D eigenvalue weighted by Crippen LogP contribution is -2.46. The molecule has 7 nitrogen and oxygen atoms in total. The number of aromatic carboxylic acids is 1. The van der Waals surface area contributed by atoms with Gasteiger partial charge in [0.1, 0.15) is 6.04 Å². The number of nitrogens with one attached hydrogen (secondary N) is 1. The molecule has 0 saturated carbocycles. The molecule has 1 atom stereocenters. The Morgan fingerprint density at radius 3 is 2.91 bits per heavy atom. The predicted molar refractivity (Wildman–Crippen MR) is 85.4 cm³/mol. The maximum Gasteiger partial charge on any atom is 0.355 e. The van der Waals surface area contributed by atoms with Crippen LogP contribution in [0.5, 0.6) is 0 Å². The lowest BCUT2D eigenvalue weighted by Gasteiger charge is -2.23. The Kier molecular flexibility index (Phi) is 6.09. The molecule has 1 saturated heterocycles. The van der Waals surface area contributed by atoms with Gasteiger partial charge in [-0.3, -0.25) is 9.59 Å². The predicted octanol–water partition coefficient (Wildman–Crippen LogP) is 1.29. The van der Waals surface area contributed by atoms with Crippen LogP contribution < -0.4 is 5.32 Å². The van der Waals surface area contributed by atoms with Gasteiger partial charge >= 0.3 is 5.97 Å². The van der Waals surface area contributed by atoms with Crippen molar-refractivity contribution in [1.82, 2.24) is 15.2 Å². The molecule has 2 rings (SSSR count). The molecule has 2 amide bonds. The highest BCUT2D eigenvalue weighted by Crippen LogP contribution is 2.19. The van der Waals surface area contributed by atoms with Crippen LogP contribution in [-0.4, -0.2) is 51.9 Å². The highest BCUT2D eigenvalue weighted by atomic mass is 32.1. The van der Waals surface area contributed by atoms with Crippen molar-refractivity contribution < 1.29 is 19.5 Å². The van der Waals surface area contributed by atoms with Crippen LogP contribution in [0.25, 0.3) is 0 Å². The van der Waals surface area contributed by atoms with Gasteiger partial charge in [-0.05, 0) is 19.3 Å². The van der Waals surface area contributed by atoms with Crippen LogP contribution in [0, 0.1) is 0 Å². The fraction of sp³-hybridized carbons (Fsp3) is 0.600. The summed E-state index contributed by atoms with van der Waals surface area (Å²) in [5.41, 5.74) is 0.0310. The summed E-state index contributed by atoms with van der Waals surface area (Å²) in [6.07, 6.45) is 3.28. The van der Waals surface area contributed by atoms with E-state index in [4.69, 9.17) is 5.11 Å². The van der Waals surface area contributed by atoms with Crippen LogP contribution in [-0.2, 0) is 16.0 Å². The minimum Gasteiger partial charge on any atom is -0.476 e. The lowest BCUT2D eigenvalue weighted by atomic mass is 10.2. The summed E-state index contributed by atoms with van der Waals surface area (Å²) in [6, 6.07) is -0.375. The summed E-state index contributed by atoms with van der Waals surface area (Å²) in [5, 5.41) is 13.8. The van der Waals surface area contributed by atoms with Crippen LogP contribution in [0.3, 0.4) is 0 Å². The molecule has 126 valence electrons. The van der Waals surface area contributed by atoms with E-state index in [1.54, 1.807) is 4.90 Å². The Morgan fingerprint density at radius 1 is 1.48 bits per heavy atom. The monoisotopic (exact) mass is 339 g/mol. The molecule has 1 aromatic heterocycles. The van der Waals surface area contributed by atoms with Gasteiger partial charge < -0.3 is 15.3 Å². The molecule has 0 spiro atoms. The zero-order valence-corrected chi connectivity index (χ0v) is 13.9. The minimum atomic E-state index is -1.05. The number of hydrogen-bond donors (Lipinski definition) is 2. The van der Waals surface area contributed by atoms with E-state index in [1.165, 1.54) is 16.7 Å². The van der Waals surface area contributed by atoms with Gasteiger partial charge in [-0.15, -0.1) is 11.3 Å². The van der Waals surface area contributed by atoms with Crippen molar-refractivity contribution >= 4 is 29.1 Å². The standard InChI is InChI=1S/C15H21N3O4S/c1-2-4-13(19)18-8-3-5-11(18)14(20)16-7-6-12-17-10(9-23-12)15(21)22/h9,11H,2-8H2,1H3,(H,16,20)(H,21,22). The molecule has 1 aromatic rings. The van der Waals surface area contributed by atoms with Crippen LogP contribution in [0.1, 0.15) is 48.1 Å². The summed E-state index contributed by atoms with van der Waals surface area (Å²) >= 11 is 1.27. The number of carboxylic acids is 1. The first-order valence-electron chi connectivity index (χ1n) is 7.77. The smallest absolute Gasteiger partial charge is 0.355 e. The number of amides is 2. The first-order valence-corrected chi connectivity index (χ1v) is 8.65. The van der Waals surface area contributed by atoms with Gasteiger partial charge in [0, 0.05) is 31.3 Å². The largest absolute Gasteiger partial charge is 0.476 e. The number of aromatic nitrogens is 1. The third kappa shape index (κ3) is 4.51. The molecule has 0 radical (unpaired) electrons. The Labute approximate surface area is 138 Å². The third-order valence-electron chi connectivity index (χ3n) is 3.75. The average Bonchev–Trinajstić information content (AvgIpc) is 3.16. The second kappa shape index (κ2) is 8.05. The number of rotatable bonds is 7. The van der Waals surface area contributed by atoms with E-state index in [0.29, 0.717) is 37.4 Å². The highest BCUT2D eigenvalue weighted by Gasteiger charge is 2.33. The Hall–Kier alpha value is -1.96. The molecule has 1 aliphatic heterocycles. The van der Waals surface area contributed by atoms with E-state index in [2.05, 4.69) is 10.3 Å². The molecule has 1 fully saturated rings. The summed E-state index contributed by atoms with van der Waals surface area (Å²) in [6.45, 7) is 2.98. The zero-order chi connectivity index (χ0) is 16.8. The van der Waals surface area contributed by atoms with Gasteiger partial charge in [0.15, 0.2) is 5.69 Å². The molecule has 0 aliphatic carbocycles. The van der Waals surface area contributed by atoms with Gasteiger partial charge in [0.25, 0.3) is 0 Å². The molecule has 0 aromatic carbocycles. The number of carbonyl (C=O) groups is 3. The number of carboxylic acid groups (broad SMARTS) is 1. The third-order valence-corrected chi connectivity index (χ3v) is 4.66. The van der Waals surface area contributed by atoms with Gasteiger partial charge in [0.2, 0.25) is 11.8 Å². The molecule has 23 heavy (non-hydrogen) atoms. The summed E-state index contributed by atoms with van der Waals surface area (Å²) in [7, 11) is 0. The van der Waals surface area contributed by atoms with Crippen molar-refractivity contribution in [1.29, 1.82) is 0 Å². The van der Waals surface area contributed by atoms with Gasteiger partial charge in [-0.2, -0.15) is 0 Å². The van der Waals surface area contributed by atoms with E-state index < -0.39 is 5.97 Å². The van der Waals surface area contributed by atoms with Crippen LogP contribution >= 0.6 is 11.3 Å². The lowest BCUT2D eigenvalue weighted by molar-refractivity contribution is -0.138. The topological polar surface area (TPSA) is 99.6 Å². The van der Waals surface area contributed by atoms with Crippen molar-refractivity contribution in [3.05, 3.63) is 16.1 Å². The minimum absolute atomic E-state index is 0.0310. The van der Waals surface area contributed by atoms with Crippen LogP contribution in [0.4, 0.5) is 0 Å².